The largest absolute Gasteiger partial charge is 0.466 e. The molecule has 0 bridgehead atoms. The molecule has 0 aromatic heterocycles. The number of phosphoric acid groups is 1. The Bertz CT molecular complexity index is 260. The van der Waals surface area contributed by atoms with E-state index in [-0.39, 0.29) is 5.85 Å². The van der Waals surface area contributed by atoms with Crippen molar-refractivity contribution in [3.8, 4) is 0 Å². The van der Waals surface area contributed by atoms with Gasteiger partial charge in [-0.3, -0.25) is 9.09 Å². The van der Waals surface area contributed by atoms with Gasteiger partial charge in [0.15, 0.2) is 5.85 Å². The molecule has 13 heavy (non-hydrogen) atoms. The first-order chi connectivity index (χ1) is 5.81. The third-order valence-corrected chi connectivity index (χ3v) is 2.90. The molecule has 0 radical (unpaired) electrons. The lowest BCUT2D eigenvalue weighted by molar-refractivity contribution is -0.209. The molecule has 2 rings (SSSR count). The number of rotatable bonds is 0. The van der Waals surface area contributed by atoms with E-state index in [1.807, 2.05) is 0 Å². The molecule has 0 aromatic rings. The molecular formula is C3H8O8P2. The Hall–Kier alpha value is 0.220. The minimum atomic E-state index is -4.64. The first-order valence-electron chi connectivity index (χ1n) is 3.19. The zero-order valence-corrected chi connectivity index (χ0v) is 8.06. The molecule has 10 heteroatoms. The van der Waals surface area contributed by atoms with Crippen LogP contribution in [0.4, 0.5) is 0 Å². The summed E-state index contributed by atoms with van der Waals surface area (Å²) >= 11 is 0. The zero-order chi connectivity index (χ0) is 10.1. The summed E-state index contributed by atoms with van der Waals surface area (Å²) < 4.78 is 28.7. The van der Waals surface area contributed by atoms with Crippen molar-refractivity contribution >= 4 is 15.4 Å². The Balaban J connectivity index is 0.000000149. The Morgan fingerprint density at radius 1 is 1.38 bits per heavy atom. The molecule has 0 aromatic carbocycles. The molecule has 2 atom stereocenters. The first kappa shape index (κ1) is 11.3. The lowest BCUT2D eigenvalue weighted by Gasteiger charge is -2.02. The van der Waals surface area contributed by atoms with Gasteiger partial charge in [0.25, 0.3) is 0 Å². The van der Waals surface area contributed by atoms with Crippen molar-refractivity contribution in [3.05, 3.63) is 0 Å². The molecule has 2 aliphatic rings. The van der Waals surface area contributed by atoms with E-state index >= 15 is 0 Å². The van der Waals surface area contributed by atoms with Gasteiger partial charge in [-0.2, -0.15) is 0 Å². The first-order valence-corrected chi connectivity index (χ1v) is 6.36. The molecule has 8 nitrogen and oxygen atoms in total. The Morgan fingerprint density at radius 3 is 2.23 bits per heavy atom. The predicted octanol–water partition coefficient (Wildman–Crippen LogP) is -0.0409. The molecule has 0 amide bonds. The Labute approximate surface area is 73.1 Å². The second-order valence-corrected chi connectivity index (χ2v) is 5.34. The third-order valence-electron chi connectivity index (χ3n) is 1.18. The zero-order valence-electron chi connectivity index (χ0n) is 6.27. The lowest BCUT2D eigenvalue weighted by Crippen LogP contribution is -2.01. The van der Waals surface area contributed by atoms with Gasteiger partial charge >= 0.3 is 15.4 Å². The quantitative estimate of drug-likeness (QED) is 0.302. The van der Waals surface area contributed by atoms with Crippen molar-refractivity contribution in [3.63, 3.8) is 0 Å². The van der Waals surface area contributed by atoms with Crippen LogP contribution in [0, 0.1) is 0 Å². The van der Waals surface area contributed by atoms with Crippen molar-refractivity contribution in [2.75, 3.05) is 6.61 Å². The van der Waals surface area contributed by atoms with E-state index in [0.29, 0.717) is 13.0 Å². The van der Waals surface area contributed by atoms with Crippen LogP contribution in [0.25, 0.3) is 0 Å². The summed E-state index contributed by atoms with van der Waals surface area (Å²) in [6, 6.07) is 0. The minimum Gasteiger partial charge on any atom is -0.303 e. The molecule has 2 heterocycles. The van der Waals surface area contributed by atoms with Crippen LogP contribution in [0.3, 0.4) is 0 Å². The number of hydrogen-bond acceptors (Lipinski definition) is 5. The average molecular weight is 234 g/mol. The van der Waals surface area contributed by atoms with Gasteiger partial charge in [0, 0.05) is 6.42 Å². The molecule has 2 aliphatic heterocycles. The van der Waals surface area contributed by atoms with Crippen molar-refractivity contribution in [2.24, 2.45) is 0 Å². The van der Waals surface area contributed by atoms with Crippen LogP contribution in [0.2, 0.25) is 0 Å². The van der Waals surface area contributed by atoms with Crippen LogP contribution in [-0.4, -0.2) is 27.1 Å². The maximum Gasteiger partial charge on any atom is 0.466 e. The van der Waals surface area contributed by atoms with Crippen LogP contribution in [-0.2, 0) is 23.2 Å². The molecule has 3 N–H and O–H groups in total. The van der Waals surface area contributed by atoms with Crippen LogP contribution in [0.15, 0.2) is 0 Å². The molecule has 2 unspecified atom stereocenters. The predicted molar refractivity (Wildman–Crippen MR) is 38.4 cm³/mol. The summed E-state index contributed by atoms with van der Waals surface area (Å²) in [5.41, 5.74) is 0. The Morgan fingerprint density at radius 2 is 1.92 bits per heavy atom. The van der Waals surface area contributed by atoms with Crippen molar-refractivity contribution < 1.29 is 37.9 Å². The summed E-state index contributed by atoms with van der Waals surface area (Å²) in [5, 5.41) is 0. The summed E-state index contributed by atoms with van der Waals surface area (Å²) in [5.74, 6) is -0.142. The molecule has 0 aliphatic carbocycles. The van der Waals surface area contributed by atoms with E-state index in [1.165, 1.54) is 0 Å². The van der Waals surface area contributed by atoms with E-state index in [1.54, 1.807) is 0 Å². The van der Waals surface area contributed by atoms with E-state index in [9.17, 15) is 4.57 Å². The van der Waals surface area contributed by atoms with E-state index in [4.69, 9.17) is 19.2 Å². The van der Waals surface area contributed by atoms with Gasteiger partial charge in [0.05, 0.1) is 6.61 Å². The summed E-state index contributed by atoms with van der Waals surface area (Å²) in [7, 11) is -7.28. The molecule has 78 valence electrons. The number of hydrogen-bond donors (Lipinski definition) is 3. The van der Waals surface area contributed by atoms with Gasteiger partial charge in [0.1, 0.15) is 0 Å². The highest BCUT2D eigenvalue weighted by molar-refractivity contribution is 7.60. The van der Waals surface area contributed by atoms with Gasteiger partial charge < -0.3 is 14.7 Å². The van der Waals surface area contributed by atoms with Crippen LogP contribution >= 0.6 is 15.4 Å². The fourth-order valence-corrected chi connectivity index (χ4v) is 2.07. The maximum absolute atomic E-state index is 10.7. The Kier molecular flexibility index (Phi) is 3.27. The SMILES string of the molecule is O=P(O)(O)O.O=P12OOCCC1O2. The maximum atomic E-state index is 10.7. The average Bonchev–Trinajstić information content (AvgIpc) is 2.55. The smallest absolute Gasteiger partial charge is 0.303 e. The lowest BCUT2D eigenvalue weighted by atomic mass is 10.5. The minimum absolute atomic E-state index is 0.142. The monoisotopic (exact) mass is 234 g/mol. The van der Waals surface area contributed by atoms with Gasteiger partial charge in [0.2, 0.25) is 0 Å². The third kappa shape index (κ3) is 4.30. The van der Waals surface area contributed by atoms with Crippen LogP contribution in [0.5, 0.6) is 0 Å². The van der Waals surface area contributed by atoms with Crippen molar-refractivity contribution in [1.29, 1.82) is 0 Å². The number of fused-ring (bicyclic) bond motifs is 1. The van der Waals surface area contributed by atoms with Crippen molar-refractivity contribution in [2.45, 2.75) is 12.3 Å². The summed E-state index contributed by atoms with van der Waals surface area (Å²) in [6.45, 7) is 0.495. The van der Waals surface area contributed by atoms with Gasteiger partial charge in [-0.1, -0.05) is 0 Å². The van der Waals surface area contributed by atoms with E-state index < -0.39 is 15.4 Å². The summed E-state index contributed by atoms with van der Waals surface area (Å²) in [6.07, 6.45) is 0.706. The second kappa shape index (κ2) is 3.76. The highest BCUT2D eigenvalue weighted by atomic mass is 31.2. The van der Waals surface area contributed by atoms with Gasteiger partial charge in [-0.05, 0) is 0 Å². The van der Waals surface area contributed by atoms with Gasteiger partial charge in [-0.25, -0.2) is 9.45 Å². The fourth-order valence-electron chi connectivity index (χ4n) is 0.678. The normalized spacial score (nSPS) is 37.0. The highest BCUT2D eigenvalue weighted by Gasteiger charge is 2.58. The summed E-state index contributed by atoms with van der Waals surface area (Å²) in [4.78, 5) is 26.0. The molecule has 0 saturated carbocycles. The molecular weight excluding hydrogens is 226 g/mol. The van der Waals surface area contributed by atoms with Crippen LogP contribution < -0.4 is 0 Å². The van der Waals surface area contributed by atoms with E-state index in [2.05, 4.69) is 14.1 Å². The van der Waals surface area contributed by atoms with E-state index in [0.717, 1.165) is 0 Å². The topological polar surface area (TPSA) is 126 Å². The standard InChI is InChI=1S/C3H5O4P.H3O4P/c4-8-3(6-8)1-2-5-7-8;1-5(2,3)4/h3H,1-2H2;(H3,1,2,3,4). The van der Waals surface area contributed by atoms with Crippen LogP contribution in [0.1, 0.15) is 6.42 Å². The van der Waals surface area contributed by atoms with Gasteiger partial charge in [-0.15, -0.1) is 4.67 Å². The second-order valence-electron chi connectivity index (χ2n) is 2.30. The molecule has 2 fully saturated rings. The fraction of sp³-hybridized carbons (Fsp3) is 1.00. The van der Waals surface area contributed by atoms with Crippen molar-refractivity contribution in [1.82, 2.24) is 0 Å². The highest BCUT2D eigenvalue weighted by Crippen LogP contribution is 2.73. The molecule has 2 saturated heterocycles. The molecule has 0 spiro atoms.